The number of aromatic carboxylic acids is 1. The predicted octanol–water partition coefficient (Wildman–Crippen LogP) is 5.72. The van der Waals surface area contributed by atoms with E-state index in [-0.39, 0.29) is 22.8 Å². The monoisotopic (exact) mass is 510 g/mol. The summed E-state index contributed by atoms with van der Waals surface area (Å²) >= 11 is 6.09. The number of carbonyl (C=O) groups is 1. The van der Waals surface area contributed by atoms with Crippen molar-refractivity contribution in [3.8, 4) is 0 Å². The smallest absolute Gasteiger partial charge is 0.417 e. The third-order valence-corrected chi connectivity index (χ3v) is 7.46. The Bertz CT molecular complexity index is 1320. The Morgan fingerprint density at radius 1 is 1.09 bits per heavy atom. The van der Waals surface area contributed by atoms with E-state index in [0.717, 1.165) is 47.0 Å². The third kappa shape index (κ3) is 5.02. The first-order valence-corrected chi connectivity index (χ1v) is 12.0. The van der Waals surface area contributed by atoms with Crippen LogP contribution in [0, 0.1) is 0 Å². The van der Waals surface area contributed by atoms with Gasteiger partial charge in [0.15, 0.2) is 5.82 Å². The molecule has 1 heterocycles. The Balaban J connectivity index is 1.76. The molecule has 0 spiro atoms. The number of carboxylic acid groups (broad SMARTS) is 1. The fourth-order valence-electron chi connectivity index (χ4n) is 3.42. The highest BCUT2D eigenvalue weighted by Crippen LogP contribution is 2.40. The zero-order valence-electron chi connectivity index (χ0n) is 17.5. The molecule has 0 aliphatic heterocycles. The molecular formula is C23H18ClF3N2O4S. The topological polar surface area (TPSA) is 87.6 Å². The maximum atomic E-state index is 13.5. The molecule has 0 unspecified atom stereocenters. The summed E-state index contributed by atoms with van der Waals surface area (Å²) in [7, 11) is -4.37. The van der Waals surface area contributed by atoms with Crippen LogP contribution in [0.4, 0.5) is 19.0 Å². The van der Waals surface area contributed by atoms with Gasteiger partial charge in [-0.1, -0.05) is 35.9 Å². The van der Waals surface area contributed by atoms with Crippen molar-refractivity contribution in [1.29, 1.82) is 0 Å². The number of rotatable bonds is 7. The van der Waals surface area contributed by atoms with Crippen LogP contribution in [0.3, 0.4) is 0 Å². The lowest BCUT2D eigenvalue weighted by atomic mass is 10.1. The first-order chi connectivity index (χ1) is 16.0. The van der Waals surface area contributed by atoms with Crippen molar-refractivity contribution in [3.05, 3.63) is 88.1 Å². The number of pyridine rings is 1. The van der Waals surface area contributed by atoms with Crippen molar-refractivity contribution >= 4 is 33.4 Å². The second-order valence-corrected chi connectivity index (χ2v) is 10.2. The summed E-state index contributed by atoms with van der Waals surface area (Å²) in [5.74, 6) is -1.11. The molecule has 0 atom stereocenters. The normalized spacial score (nSPS) is 14.1. The lowest BCUT2D eigenvalue weighted by Gasteiger charge is -2.25. The number of carboxylic acids is 1. The number of benzene rings is 2. The van der Waals surface area contributed by atoms with Crippen LogP contribution >= 0.6 is 11.6 Å². The SMILES string of the molecule is O=C(O)c1ccc(S(=O)(=O)N(Cc2ccc(C3CC3)cc2)c2ncc(C(F)(F)F)cc2Cl)cc1. The largest absolute Gasteiger partial charge is 0.478 e. The molecule has 0 radical (unpaired) electrons. The van der Waals surface area contributed by atoms with Crippen LogP contribution in [0.25, 0.3) is 0 Å². The van der Waals surface area contributed by atoms with E-state index in [1.165, 1.54) is 0 Å². The summed E-state index contributed by atoms with van der Waals surface area (Å²) in [4.78, 5) is 14.6. The number of aromatic nitrogens is 1. The van der Waals surface area contributed by atoms with Crippen LogP contribution in [0.2, 0.25) is 5.02 Å². The molecule has 11 heteroatoms. The van der Waals surface area contributed by atoms with E-state index in [4.69, 9.17) is 16.7 Å². The van der Waals surface area contributed by atoms with Crippen molar-refractivity contribution in [2.75, 3.05) is 4.31 Å². The Morgan fingerprint density at radius 3 is 2.21 bits per heavy atom. The third-order valence-electron chi connectivity index (χ3n) is 5.43. The van der Waals surface area contributed by atoms with Gasteiger partial charge < -0.3 is 5.11 Å². The number of anilines is 1. The number of hydrogen-bond acceptors (Lipinski definition) is 4. The zero-order valence-corrected chi connectivity index (χ0v) is 19.0. The maximum absolute atomic E-state index is 13.5. The quantitative estimate of drug-likeness (QED) is 0.439. The van der Waals surface area contributed by atoms with E-state index >= 15 is 0 Å². The number of halogens is 4. The van der Waals surface area contributed by atoms with E-state index in [2.05, 4.69) is 4.98 Å². The molecule has 178 valence electrons. The standard InChI is InChI=1S/C23H18ClF3N2O4S/c24-20-11-18(23(25,26)27)12-28-21(20)29(13-14-1-3-15(4-2-14)16-5-6-16)34(32,33)19-9-7-17(8-10-19)22(30)31/h1-4,7-12,16H,5-6,13H2,(H,30,31). The molecule has 6 nitrogen and oxygen atoms in total. The van der Waals surface area contributed by atoms with Gasteiger partial charge in [0.2, 0.25) is 0 Å². The Hall–Kier alpha value is -3.11. The van der Waals surface area contributed by atoms with Crippen molar-refractivity contribution < 1.29 is 31.5 Å². The van der Waals surface area contributed by atoms with Crippen LogP contribution in [0.15, 0.2) is 65.7 Å². The van der Waals surface area contributed by atoms with Crippen LogP contribution in [-0.2, 0) is 22.7 Å². The summed E-state index contributed by atoms with van der Waals surface area (Å²) < 4.78 is 67.0. The van der Waals surface area contributed by atoms with E-state index < -0.39 is 32.8 Å². The van der Waals surface area contributed by atoms with Crippen molar-refractivity contribution in [1.82, 2.24) is 4.98 Å². The van der Waals surface area contributed by atoms with Crippen molar-refractivity contribution in [2.45, 2.75) is 36.4 Å². The number of nitrogens with zero attached hydrogens (tertiary/aromatic N) is 2. The average molecular weight is 511 g/mol. The van der Waals surface area contributed by atoms with Crippen molar-refractivity contribution in [3.63, 3.8) is 0 Å². The molecule has 1 N–H and O–H groups in total. The number of alkyl halides is 3. The fraction of sp³-hybridized carbons (Fsp3) is 0.217. The molecule has 0 bridgehead atoms. The van der Waals surface area contributed by atoms with Crippen LogP contribution < -0.4 is 4.31 Å². The first kappa shape index (κ1) is 24.0. The van der Waals surface area contributed by atoms with E-state index in [1.807, 2.05) is 12.1 Å². The zero-order chi connectivity index (χ0) is 24.7. The highest BCUT2D eigenvalue weighted by molar-refractivity contribution is 7.92. The minimum Gasteiger partial charge on any atom is -0.478 e. The van der Waals surface area contributed by atoms with Gasteiger partial charge in [0.05, 0.1) is 27.6 Å². The summed E-state index contributed by atoms with van der Waals surface area (Å²) in [6.07, 6.45) is -1.99. The van der Waals surface area contributed by atoms with E-state index in [1.54, 1.807) is 12.1 Å². The molecule has 3 aromatic rings. The molecule has 1 aromatic heterocycles. The van der Waals surface area contributed by atoms with Gasteiger partial charge in [0, 0.05) is 6.20 Å². The van der Waals surface area contributed by atoms with Gasteiger partial charge in [0.25, 0.3) is 10.0 Å². The van der Waals surface area contributed by atoms with Gasteiger partial charge >= 0.3 is 12.1 Å². The fourth-order valence-corrected chi connectivity index (χ4v) is 5.16. The highest BCUT2D eigenvalue weighted by Gasteiger charge is 2.34. The van der Waals surface area contributed by atoms with Gasteiger partial charge in [0.1, 0.15) is 0 Å². The van der Waals surface area contributed by atoms with Gasteiger partial charge in [-0.3, -0.25) is 0 Å². The minimum atomic E-state index is -4.70. The molecule has 4 rings (SSSR count). The number of sulfonamides is 1. The Morgan fingerprint density at radius 2 is 1.71 bits per heavy atom. The maximum Gasteiger partial charge on any atom is 0.417 e. The number of hydrogen-bond donors (Lipinski definition) is 1. The Labute approximate surface area is 198 Å². The second kappa shape index (κ2) is 8.92. The van der Waals surface area contributed by atoms with Crippen LogP contribution in [0.5, 0.6) is 0 Å². The summed E-state index contributed by atoms with van der Waals surface area (Å²) in [6, 6.07) is 12.4. The average Bonchev–Trinajstić information content (AvgIpc) is 3.63. The molecule has 0 amide bonds. The molecule has 1 saturated carbocycles. The molecule has 1 fully saturated rings. The van der Waals surface area contributed by atoms with Gasteiger partial charge in [-0.25, -0.2) is 22.5 Å². The van der Waals surface area contributed by atoms with Crippen molar-refractivity contribution in [2.24, 2.45) is 0 Å². The second-order valence-electron chi connectivity index (χ2n) is 7.88. The minimum absolute atomic E-state index is 0.119. The van der Waals surface area contributed by atoms with Crippen LogP contribution in [0.1, 0.15) is 45.8 Å². The molecule has 1 aliphatic rings. The molecule has 0 saturated heterocycles. The lowest BCUT2D eigenvalue weighted by Crippen LogP contribution is -2.32. The predicted molar refractivity (Wildman–Crippen MR) is 119 cm³/mol. The molecule has 2 aromatic carbocycles. The Kier molecular flexibility index (Phi) is 6.30. The first-order valence-electron chi connectivity index (χ1n) is 10.1. The van der Waals surface area contributed by atoms with Gasteiger partial charge in [-0.2, -0.15) is 13.2 Å². The van der Waals surface area contributed by atoms with Crippen LogP contribution in [-0.4, -0.2) is 24.5 Å². The lowest BCUT2D eigenvalue weighted by molar-refractivity contribution is -0.137. The van der Waals surface area contributed by atoms with E-state index in [0.29, 0.717) is 23.7 Å². The molecular weight excluding hydrogens is 493 g/mol. The summed E-state index contributed by atoms with van der Waals surface area (Å²) in [5.41, 5.74) is 0.478. The summed E-state index contributed by atoms with van der Waals surface area (Å²) in [6.45, 7) is -0.244. The van der Waals surface area contributed by atoms with Gasteiger partial charge in [-0.15, -0.1) is 0 Å². The summed E-state index contributed by atoms with van der Waals surface area (Å²) in [5, 5.41) is 8.58. The molecule has 34 heavy (non-hydrogen) atoms. The van der Waals surface area contributed by atoms with Gasteiger partial charge in [-0.05, 0) is 60.2 Å². The molecule has 1 aliphatic carbocycles. The highest BCUT2D eigenvalue weighted by atomic mass is 35.5. The van der Waals surface area contributed by atoms with E-state index in [9.17, 15) is 26.4 Å².